The number of nitrogens with zero attached hydrogens (tertiary/aromatic N) is 1. The molecule has 1 aromatic heterocycles. The number of carbonyl (C=O) groups is 1. The van der Waals surface area contributed by atoms with Crippen LogP contribution in [0.2, 0.25) is 0 Å². The van der Waals surface area contributed by atoms with E-state index in [-0.39, 0.29) is 5.97 Å². The van der Waals surface area contributed by atoms with E-state index >= 15 is 0 Å². The Labute approximate surface area is 184 Å². The number of esters is 1. The molecule has 0 radical (unpaired) electrons. The van der Waals surface area contributed by atoms with Crippen molar-refractivity contribution in [2.24, 2.45) is 0 Å². The van der Waals surface area contributed by atoms with Crippen LogP contribution in [0.4, 0.5) is 0 Å². The van der Waals surface area contributed by atoms with Crippen molar-refractivity contribution in [2.75, 3.05) is 13.2 Å². The van der Waals surface area contributed by atoms with E-state index in [1.807, 2.05) is 51.1 Å². The number of oxazole rings is 1. The van der Waals surface area contributed by atoms with Crippen molar-refractivity contribution < 1.29 is 23.4 Å². The van der Waals surface area contributed by atoms with Crippen LogP contribution >= 0.6 is 0 Å². The van der Waals surface area contributed by atoms with E-state index in [0.29, 0.717) is 43.4 Å². The zero-order valence-electron chi connectivity index (χ0n) is 18.7. The average molecular weight is 426 g/mol. The molecule has 0 spiro atoms. The lowest BCUT2D eigenvalue weighted by Gasteiger charge is -2.16. The second-order valence-electron chi connectivity index (χ2n) is 6.72. The summed E-state index contributed by atoms with van der Waals surface area (Å²) in [6.07, 6.45) is 7.97. The van der Waals surface area contributed by atoms with E-state index in [1.54, 1.807) is 25.1 Å². The van der Waals surface area contributed by atoms with Gasteiger partial charge >= 0.3 is 5.97 Å². The fraction of sp³-hybridized carbons (Fsp3) is 0.360. The molecular formula is C25H31NO5. The predicted molar refractivity (Wildman–Crippen MR) is 121 cm³/mol. The molecule has 31 heavy (non-hydrogen) atoms. The van der Waals surface area contributed by atoms with Crippen LogP contribution in [-0.2, 0) is 16.0 Å². The molecule has 166 valence electrons. The first kappa shape index (κ1) is 24.0. The zero-order valence-corrected chi connectivity index (χ0v) is 18.7. The smallest absolute Gasteiger partial charge is 0.347 e. The largest absolute Gasteiger partial charge is 0.493 e. The van der Waals surface area contributed by atoms with Gasteiger partial charge in [-0.25, -0.2) is 9.78 Å². The molecule has 2 aromatic rings. The van der Waals surface area contributed by atoms with Gasteiger partial charge < -0.3 is 18.6 Å². The molecule has 1 atom stereocenters. The van der Waals surface area contributed by atoms with Gasteiger partial charge in [0, 0.05) is 12.0 Å². The van der Waals surface area contributed by atoms with Crippen LogP contribution in [0.3, 0.4) is 0 Å². The molecule has 0 N–H and O–H groups in total. The third-order valence-electron chi connectivity index (χ3n) is 4.41. The summed E-state index contributed by atoms with van der Waals surface area (Å²) in [4.78, 5) is 16.5. The molecule has 0 aliphatic heterocycles. The minimum atomic E-state index is -0.612. The first-order chi connectivity index (χ1) is 15.0. The van der Waals surface area contributed by atoms with E-state index in [2.05, 4.69) is 11.6 Å². The highest BCUT2D eigenvalue weighted by Gasteiger charge is 2.19. The normalized spacial score (nSPS) is 12.6. The third kappa shape index (κ3) is 7.17. The van der Waals surface area contributed by atoms with Crippen LogP contribution in [0, 0.1) is 6.92 Å². The quantitative estimate of drug-likeness (QED) is 0.332. The van der Waals surface area contributed by atoms with E-state index in [1.165, 1.54) is 0 Å². The highest BCUT2D eigenvalue weighted by molar-refractivity contribution is 5.75. The molecule has 0 aliphatic carbocycles. The Hall–Kier alpha value is -3.28. The van der Waals surface area contributed by atoms with Gasteiger partial charge in [0.25, 0.3) is 0 Å². The summed E-state index contributed by atoms with van der Waals surface area (Å²) in [6, 6.07) is 7.18. The van der Waals surface area contributed by atoms with Gasteiger partial charge in [-0.1, -0.05) is 37.8 Å². The van der Waals surface area contributed by atoms with Crippen LogP contribution in [-0.4, -0.2) is 30.3 Å². The lowest BCUT2D eigenvalue weighted by atomic mass is 10.2. The lowest BCUT2D eigenvalue weighted by Crippen LogP contribution is -2.28. The first-order valence-corrected chi connectivity index (χ1v) is 10.5. The van der Waals surface area contributed by atoms with E-state index in [4.69, 9.17) is 18.6 Å². The van der Waals surface area contributed by atoms with Crippen LogP contribution in [0.25, 0.3) is 5.57 Å². The number of ether oxygens (including phenoxy) is 3. The third-order valence-corrected chi connectivity index (χ3v) is 4.41. The van der Waals surface area contributed by atoms with Crippen molar-refractivity contribution in [3.63, 3.8) is 0 Å². The fourth-order valence-electron chi connectivity index (χ4n) is 2.87. The predicted octanol–water partition coefficient (Wildman–Crippen LogP) is 5.47. The number of benzene rings is 1. The number of rotatable bonds is 12. The Morgan fingerprint density at radius 3 is 2.55 bits per heavy atom. The van der Waals surface area contributed by atoms with Crippen LogP contribution in [0.15, 0.2) is 59.6 Å². The minimum Gasteiger partial charge on any atom is -0.493 e. The number of hydrogen-bond donors (Lipinski definition) is 0. The maximum atomic E-state index is 11.9. The van der Waals surface area contributed by atoms with Gasteiger partial charge in [-0.05, 0) is 51.5 Å². The molecular weight excluding hydrogens is 394 g/mol. The number of aryl methyl sites for hydroxylation is 1. The SMILES string of the molecule is C=C/C=C(\C=C/C)c1nc(CCOc2ccc(OC(CC)C(=O)OCC)cc2)c(C)o1. The zero-order chi connectivity index (χ0) is 22.6. The van der Waals surface area contributed by atoms with Crippen molar-refractivity contribution in [2.45, 2.75) is 46.6 Å². The van der Waals surface area contributed by atoms with Gasteiger partial charge in [-0.15, -0.1) is 0 Å². The molecule has 1 aromatic carbocycles. The summed E-state index contributed by atoms with van der Waals surface area (Å²) in [6.45, 7) is 12.0. The number of carbonyl (C=O) groups excluding carboxylic acids is 1. The summed E-state index contributed by atoms with van der Waals surface area (Å²) in [5.41, 5.74) is 1.73. The van der Waals surface area contributed by atoms with Crippen LogP contribution < -0.4 is 9.47 Å². The van der Waals surface area contributed by atoms with Gasteiger partial charge in [-0.2, -0.15) is 0 Å². The molecule has 0 bridgehead atoms. The fourth-order valence-corrected chi connectivity index (χ4v) is 2.87. The Balaban J connectivity index is 1.92. The molecule has 6 nitrogen and oxygen atoms in total. The molecule has 0 saturated carbocycles. The van der Waals surface area contributed by atoms with Crippen molar-refractivity contribution in [3.05, 3.63) is 72.5 Å². The monoisotopic (exact) mass is 425 g/mol. The lowest BCUT2D eigenvalue weighted by molar-refractivity contribution is -0.151. The molecule has 0 fully saturated rings. The standard InChI is InChI=1S/C25H31NO5/c1-6-10-19(11-7-2)24-26-22(18(5)30-24)16-17-29-20-12-14-21(15-13-20)31-23(8-3)25(27)28-9-4/h6-7,10-15,23H,1,8-9,16-17H2,2-5H3/b11-7-,19-10+. The van der Waals surface area contributed by atoms with Crippen molar-refractivity contribution in [1.29, 1.82) is 0 Å². The summed E-state index contributed by atoms with van der Waals surface area (Å²) in [5, 5.41) is 0. The van der Waals surface area contributed by atoms with Gasteiger partial charge in [0.15, 0.2) is 6.10 Å². The van der Waals surface area contributed by atoms with E-state index in [0.717, 1.165) is 17.0 Å². The topological polar surface area (TPSA) is 70.8 Å². The summed E-state index contributed by atoms with van der Waals surface area (Å²) in [5.74, 6) is 2.28. The second kappa shape index (κ2) is 12.4. The Bertz CT molecular complexity index is 908. The van der Waals surface area contributed by atoms with Crippen LogP contribution in [0.5, 0.6) is 11.5 Å². The van der Waals surface area contributed by atoms with Crippen molar-refractivity contribution in [3.8, 4) is 11.5 Å². The van der Waals surface area contributed by atoms with Crippen molar-refractivity contribution >= 4 is 11.5 Å². The maximum Gasteiger partial charge on any atom is 0.347 e. The van der Waals surface area contributed by atoms with Gasteiger partial charge in [0.1, 0.15) is 17.3 Å². The highest BCUT2D eigenvalue weighted by Crippen LogP contribution is 2.22. The van der Waals surface area contributed by atoms with Crippen molar-refractivity contribution in [1.82, 2.24) is 4.98 Å². The Morgan fingerprint density at radius 1 is 1.23 bits per heavy atom. The molecule has 0 aliphatic rings. The molecule has 2 rings (SSSR count). The summed E-state index contributed by atoms with van der Waals surface area (Å²) in [7, 11) is 0. The molecule has 1 unspecified atom stereocenters. The number of allylic oxidation sites excluding steroid dienone is 5. The molecule has 6 heteroatoms. The average Bonchev–Trinajstić information content (AvgIpc) is 3.13. The molecule has 1 heterocycles. The first-order valence-electron chi connectivity index (χ1n) is 10.5. The Kier molecular flexibility index (Phi) is 9.62. The van der Waals surface area contributed by atoms with E-state index in [9.17, 15) is 4.79 Å². The van der Waals surface area contributed by atoms with Crippen LogP contribution in [0.1, 0.15) is 44.5 Å². The highest BCUT2D eigenvalue weighted by atomic mass is 16.6. The number of aromatic nitrogens is 1. The maximum absolute atomic E-state index is 11.9. The minimum absolute atomic E-state index is 0.332. The second-order valence-corrected chi connectivity index (χ2v) is 6.72. The van der Waals surface area contributed by atoms with Gasteiger partial charge in [0.05, 0.1) is 18.9 Å². The van der Waals surface area contributed by atoms with Gasteiger partial charge in [-0.3, -0.25) is 0 Å². The van der Waals surface area contributed by atoms with E-state index < -0.39 is 6.10 Å². The molecule has 0 amide bonds. The summed E-state index contributed by atoms with van der Waals surface area (Å²) < 4.78 is 22.4. The Morgan fingerprint density at radius 2 is 1.94 bits per heavy atom. The van der Waals surface area contributed by atoms with Gasteiger partial charge in [0.2, 0.25) is 5.89 Å². The number of hydrogen-bond acceptors (Lipinski definition) is 6. The summed E-state index contributed by atoms with van der Waals surface area (Å²) >= 11 is 0. The molecule has 0 saturated heterocycles.